The van der Waals surface area contributed by atoms with E-state index in [1.807, 2.05) is 0 Å². The van der Waals surface area contributed by atoms with Crippen LogP contribution in [0.4, 0.5) is 19.0 Å². The van der Waals surface area contributed by atoms with Gasteiger partial charge >= 0.3 is 6.36 Å². The van der Waals surface area contributed by atoms with E-state index in [4.69, 9.17) is 4.52 Å². The number of aromatic nitrogens is 1. The summed E-state index contributed by atoms with van der Waals surface area (Å²) in [4.78, 5) is 13.8. The van der Waals surface area contributed by atoms with Crippen LogP contribution in [0.5, 0.6) is 5.75 Å². The zero-order valence-electron chi connectivity index (χ0n) is 13.9. The van der Waals surface area contributed by atoms with Crippen LogP contribution in [-0.4, -0.2) is 35.4 Å². The third-order valence-electron chi connectivity index (χ3n) is 3.54. The van der Waals surface area contributed by atoms with E-state index in [0.29, 0.717) is 11.3 Å². The number of aryl methyl sites for hydroxylation is 1. The molecule has 2 aromatic rings. The van der Waals surface area contributed by atoms with Crippen molar-refractivity contribution in [3.05, 3.63) is 41.7 Å². The second-order valence-electron chi connectivity index (χ2n) is 5.56. The van der Waals surface area contributed by atoms with Crippen LogP contribution in [0.25, 0.3) is 0 Å². The molecular weight excluding hydrogens is 339 g/mol. The van der Waals surface area contributed by atoms with Gasteiger partial charge in [0.15, 0.2) is 5.82 Å². The summed E-state index contributed by atoms with van der Waals surface area (Å²) in [6.45, 7) is 3.42. The van der Waals surface area contributed by atoms with Gasteiger partial charge in [0.05, 0.1) is 6.04 Å². The number of benzene rings is 1. The summed E-state index contributed by atoms with van der Waals surface area (Å²) >= 11 is 0. The number of carbonyl (C=O) groups is 1. The van der Waals surface area contributed by atoms with Crippen LogP contribution in [0.1, 0.15) is 18.2 Å². The molecule has 25 heavy (non-hydrogen) atoms. The molecule has 0 aliphatic carbocycles. The number of carbonyl (C=O) groups excluding carboxylic acids is 1. The Morgan fingerprint density at radius 2 is 2.08 bits per heavy atom. The summed E-state index contributed by atoms with van der Waals surface area (Å²) < 4.78 is 46.3. The van der Waals surface area contributed by atoms with Gasteiger partial charge in [0.2, 0.25) is 5.91 Å². The number of hydrogen-bond donors (Lipinski definition) is 1. The predicted molar refractivity (Wildman–Crippen MR) is 83.9 cm³/mol. The SMILES string of the molecule is Cc1cc(NC(=O)C(C)N(C)Cc2ccccc2OC(F)(F)F)no1. The van der Waals surface area contributed by atoms with E-state index in [1.165, 1.54) is 18.2 Å². The molecule has 0 spiro atoms. The van der Waals surface area contributed by atoms with Gasteiger partial charge in [0, 0.05) is 18.2 Å². The Hall–Kier alpha value is -2.55. The number of para-hydroxylation sites is 1. The minimum Gasteiger partial charge on any atom is -0.405 e. The minimum absolute atomic E-state index is 0.0959. The van der Waals surface area contributed by atoms with E-state index in [-0.39, 0.29) is 24.0 Å². The summed E-state index contributed by atoms with van der Waals surface area (Å²) in [5, 5.41) is 6.25. The lowest BCUT2D eigenvalue weighted by molar-refractivity contribution is -0.275. The van der Waals surface area contributed by atoms with Crippen molar-refractivity contribution >= 4 is 11.7 Å². The van der Waals surface area contributed by atoms with Crippen LogP contribution in [0.15, 0.2) is 34.9 Å². The second-order valence-corrected chi connectivity index (χ2v) is 5.56. The Morgan fingerprint density at radius 3 is 2.68 bits per heavy atom. The number of ether oxygens (including phenoxy) is 1. The van der Waals surface area contributed by atoms with Gasteiger partial charge in [0.1, 0.15) is 11.5 Å². The van der Waals surface area contributed by atoms with E-state index >= 15 is 0 Å². The molecule has 0 saturated carbocycles. The van der Waals surface area contributed by atoms with Gasteiger partial charge in [-0.15, -0.1) is 13.2 Å². The zero-order valence-corrected chi connectivity index (χ0v) is 13.9. The highest BCUT2D eigenvalue weighted by atomic mass is 19.4. The molecule has 1 atom stereocenters. The van der Waals surface area contributed by atoms with Crippen LogP contribution in [-0.2, 0) is 11.3 Å². The summed E-state index contributed by atoms with van der Waals surface area (Å²) in [6.07, 6.45) is -4.78. The maximum atomic E-state index is 12.5. The summed E-state index contributed by atoms with van der Waals surface area (Å²) in [5.74, 6) is 0.185. The quantitative estimate of drug-likeness (QED) is 0.859. The van der Waals surface area contributed by atoms with Crippen molar-refractivity contribution in [2.24, 2.45) is 0 Å². The van der Waals surface area contributed by atoms with E-state index < -0.39 is 12.4 Å². The van der Waals surface area contributed by atoms with Gasteiger partial charge in [-0.05, 0) is 27.0 Å². The third-order valence-corrected chi connectivity index (χ3v) is 3.54. The molecular formula is C16H18F3N3O3. The lowest BCUT2D eigenvalue weighted by Gasteiger charge is -2.24. The Kier molecular flexibility index (Phi) is 5.68. The molecule has 0 radical (unpaired) electrons. The molecule has 0 fully saturated rings. The molecule has 0 bridgehead atoms. The molecule has 1 amide bonds. The van der Waals surface area contributed by atoms with Crippen molar-refractivity contribution in [1.82, 2.24) is 10.1 Å². The van der Waals surface area contributed by atoms with Crippen LogP contribution >= 0.6 is 0 Å². The number of rotatable bonds is 6. The Balaban J connectivity index is 2.03. The second kappa shape index (κ2) is 7.56. The number of likely N-dealkylation sites (N-methyl/N-ethyl adjacent to an activating group) is 1. The Morgan fingerprint density at radius 1 is 1.40 bits per heavy atom. The number of halogens is 3. The molecule has 0 aliphatic heterocycles. The van der Waals surface area contributed by atoms with Crippen molar-refractivity contribution in [1.29, 1.82) is 0 Å². The molecule has 1 N–H and O–H groups in total. The van der Waals surface area contributed by atoms with Gasteiger partial charge in [-0.3, -0.25) is 9.69 Å². The number of alkyl halides is 3. The highest BCUT2D eigenvalue weighted by Gasteiger charge is 2.32. The third kappa shape index (κ3) is 5.49. The standard InChI is InChI=1S/C16H18F3N3O3/c1-10-8-14(21-25-10)20-15(23)11(2)22(3)9-12-6-4-5-7-13(12)24-16(17,18)19/h4-8,11H,9H2,1-3H3,(H,20,21,23). The lowest BCUT2D eigenvalue weighted by atomic mass is 10.1. The monoisotopic (exact) mass is 357 g/mol. The number of anilines is 1. The Labute approximate surface area is 142 Å². The van der Waals surface area contributed by atoms with Crippen LogP contribution < -0.4 is 10.1 Å². The summed E-state index contributed by atoms with van der Waals surface area (Å²) in [5.41, 5.74) is 0.319. The van der Waals surface area contributed by atoms with Crippen molar-refractivity contribution in [3.63, 3.8) is 0 Å². The van der Waals surface area contributed by atoms with Crippen molar-refractivity contribution in [2.45, 2.75) is 32.8 Å². The average Bonchev–Trinajstić information content (AvgIpc) is 2.92. The van der Waals surface area contributed by atoms with Crippen molar-refractivity contribution < 1.29 is 27.2 Å². The lowest BCUT2D eigenvalue weighted by Crippen LogP contribution is -2.39. The highest BCUT2D eigenvalue weighted by molar-refractivity contribution is 5.93. The fourth-order valence-corrected chi connectivity index (χ4v) is 2.12. The molecule has 1 unspecified atom stereocenters. The topological polar surface area (TPSA) is 67.6 Å². The first-order chi connectivity index (χ1) is 11.7. The van der Waals surface area contributed by atoms with Gasteiger partial charge in [-0.25, -0.2) is 0 Å². The first kappa shape index (κ1) is 18.8. The van der Waals surface area contributed by atoms with E-state index in [9.17, 15) is 18.0 Å². The van der Waals surface area contributed by atoms with E-state index in [0.717, 1.165) is 0 Å². The largest absolute Gasteiger partial charge is 0.573 e. The average molecular weight is 357 g/mol. The normalized spacial score (nSPS) is 12.9. The summed E-state index contributed by atoms with van der Waals surface area (Å²) in [7, 11) is 1.63. The number of nitrogens with zero attached hydrogens (tertiary/aromatic N) is 2. The molecule has 1 aromatic carbocycles. The van der Waals surface area contributed by atoms with Gasteiger partial charge in [-0.1, -0.05) is 23.4 Å². The van der Waals surface area contributed by atoms with Gasteiger partial charge in [-0.2, -0.15) is 0 Å². The molecule has 136 valence electrons. The maximum absolute atomic E-state index is 12.5. The minimum atomic E-state index is -4.78. The van der Waals surface area contributed by atoms with Gasteiger partial charge < -0.3 is 14.6 Å². The van der Waals surface area contributed by atoms with Crippen molar-refractivity contribution in [2.75, 3.05) is 12.4 Å². The maximum Gasteiger partial charge on any atom is 0.573 e. The zero-order chi connectivity index (χ0) is 18.6. The van der Waals surface area contributed by atoms with Crippen LogP contribution in [0.2, 0.25) is 0 Å². The first-order valence-electron chi connectivity index (χ1n) is 7.44. The molecule has 1 aromatic heterocycles. The molecule has 2 rings (SSSR count). The molecule has 6 nitrogen and oxygen atoms in total. The van der Waals surface area contributed by atoms with Crippen LogP contribution in [0, 0.1) is 6.92 Å². The van der Waals surface area contributed by atoms with Gasteiger partial charge in [0.25, 0.3) is 0 Å². The smallest absolute Gasteiger partial charge is 0.405 e. The van der Waals surface area contributed by atoms with E-state index in [2.05, 4.69) is 15.2 Å². The Bertz CT molecular complexity index is 731. The molecule has 0 aliphatic rings. The summed E-state index contributed by atoms with van der Waals surface area (Å²) in [6, 6.07) is 6.76. The van der Waals surface area contributed by atoms with Crippen LogP contribution in [0.3, 0.4) is 0 Å². The van der Waals surface area contributed by atoms with Crippen molar-refractivity contribution in [3.8, 4) is 5.75 Å². The first-order valence-corrected chi connectivity index (χ1v) is 7.44. The fourth-order valence-electron chi connectivity index (χ4n) is 2.12. The van der Waals surface area contributed by atoms with E-state index in [1.54, 1.807) is 37.9 Å². The molecule has 1 heterocycles. The number of amides is 1. The molecule has 9 heteroatoms. The highest BCUT2D eigenvalue weighted by Crippen LogP contribution is 2.27. The number of hydrogen-bond acceptors (Lipinski definition) is 5. The molecule has 0 saturated heterocycles. The predicted octanol–water partition coefficient (Wildman–Crippen LogP) is 3.34. The number of nitrogens with one attached hydrogen (secondary N) is 1. The fraction of sp³-hybridized carbons (Fsp3) is 0.375.